The minimum atomic E-state index is -4.51. The van der Waals surface area contributed by atoms with Crippen molar-refractivity contribution >= 4 is 16.9 Å². The molecule has 5 nitrogen and oxygen atoms in total. The standard InChI is InChI=1S/C22H20F3NO4/c1-29-20-5-2-13(8-17(20)22(23,24)25)12-30-16-3-4-18-15(9-16)10-19-14(11-21(27)28)6-7-26(18)19/h2-5,8-10,14H,6-7,11-12H2,1H3,(H,27,28)/t14-/m0/s1. The largest absolute Gasteiger partial charge is 0.496 e. The lowest BCUT2D eigenvalue weighted by Crippen LogP contribution is -2.09. The first-order valence-corrected chi connectivity index (χ1v) is 9.48. The second kappa shape index (κ2) is 7.59. The number of aliphatic carboxylic acids is 1. The summed E-state index contributed by atoms with van der Waals surface area (Å²) in [4.78, 5) is 11.1. The summed E-state index contributed by atoms with van der Waals surface area (Å²) in [6.07, 6.45) is -3.62. The Morgan fingerprint density at radius 3 is 2.70 bits per heavy atom. The fourth-order valence-electron chi connectivity index (χ4n) is 4.03. The predicted molar refractivity (Wildman–Crippen MR) is 104 cm³/mol. The number of nitrogens with zero attached hydrogens (tertiary/aromatic N) is 1. The second-order valence-electron chi connectivity index (χ2n) is 7.35. The molecule has 1 aliphatic heterocycles. The van der Waals surface area contributed by atoms with Crippen LogP contribution in [0.4, 0.5) is 13.2 Å². The summed E-state index contributed by atoms with van der Waals surface area (Å²) in [5.41, 5.74) is 1.53. The van der Waals surface area contributed by atoms with Gasteiger partial charge in [0.2, 0.25) is 0 Å². The van der Waals surface area contributed by atoms with E-state index in [0.29, 0.717) is 11.3 Å². The van der Waals surface area contributed by atoms with Crippen LogP contribution in [0.1, 0.15) is 35.6 Å². The van der Waals surface area contributed by atoms with Crippen molar-refractivity contribution in [1.82, 2.24) is 4.57 Å². The summed E-state index contributed by atoms with van der Waals surface area (Å²) >= 11 is 0. The molecule has 0 amide bonds. The number of rotatable bonds is 6. The van der Waals surface area contributed by atoms with Gasteiger partial charge in [-0.05, 0) is 48.4 Å². The van der Waals surface area contributed by atoms with Gasteiger partial charge in [-0.15, -0.1) is 0 Å². The van der Waals surface area contributed by atoms with Crippen molar-refractivity contribution in [2.24, 2.45) is 0 Å². The third kappa shape index (κ3) is 3.81. The Bertz CT molecular complexity index is 1100. The lowest BCUT2D eigenvalue weighted by atomic mass is 10.0. The van der Waals surface area contributed by atoms with Crippen molar-refractivity contribution in [3.05, 3.63) is 59.3 Å². The SMILES string of the molecule is COc1ccc(COc2ccc3c(c2)cc2n3CC[C@H]2CC(=O)O)cc1C(F)(F)F. The van der Waals surface area contributed by atoms with Crippen LogP contribution >= 0.6 is 0 Å². The van der Waals surface area contributed by atoms with Gasteiger partial charge in [-0.1, -0.05) is 6.07 Å². The van der Waals surface area contributed by atoms with Crippen LogP contribution in [-0.4, -0.2) is 22.8 Å². The molecule has 2 heterocycles. The predicted octanol–water partition coefficient (Wildman–Crippen LogP) is 5.21. The zero-order chi connectivity index (χ0) is 21.5. The minimum Gasteiger partial charge on any atom is -0.496 e. The molecule has 0 fully saturated rings. The normalized spacial score (nSPS) is 15.9. The lowest BCUT2D eigenvalue weighted by molar-refractivity contribution is -0.139. The average Bonchev–Trinajstić information content (AvgIpc) is 3.24. The molecule has 0 aliphatic carbocycles. The number of fused-ring (bicyclic) bond motifs is 3. The summed E-state index contributed by atoms with van der Waals surface area (Å²) < 4.78 is 52.2. The minimum absolute atomic E-state index is 0.0145. The maximum absolute atomic E-state index is 13.2. The van der Waals surface area contributed by atoms with Gasteiger partial charge in [0.05, 0.1) is 19.1 Å². The maximum Gasteiger partial charge on any atom is 0.419 e. The van der Waals surface area contributed by atoms with E-state index in [4.69, 9.17) is 14.6 Å². The maximum atomic E-state index is 13.2. The van der Waals surface area contributed by atoms with Crippen LogP contribution in [0.25, 0.3) is 10.9 Å². The third-order valence-electron chi connectivity index (χ3n) is 5.42. The zero-order valence-corrected chi connectivity index (χ0v) is 16.2. The van der Waals surface area contributed by atoms with Gasteiger partial charge in [0.25, 0.3) is 0 Å². The smallest absolute Gasteiger partial charge is 0.419 e. The van der Waals surface area contributed by atoms with E-state index >= 15 is 0 Å². The number of hydrogen-bond donors (Lipinski definition) is 1. The number of carboxylic acid groups (broad SMARTS) is 1. The number of halogens is 3. The number of alkyl halides is 3. The van der Waals surface area contributed by atoms with E-state index < -0.39 is 17.7 Å². The molecule has 8 heteroatoms. The molecule has 4 rings (SSSR count). The number of carbonyl (C=O) groups is 1. The Labute approximate surface area is 170 Å². The van der Waals surface area contributed by atoms with Gasteiger partial charge in [0.15, 0.2) is 0 Å². The molecule has 1 N–H and O–H groups in total. The van der Waals surface area contributed by atoms with Crippen molar-refractivity contribution < 1.29 is 32.5 Å². The van der Waals surface area contributed by atoms with E-state index in [1.165, 1.54) is 19.2 Å². The van der Waals surface area contributed by atoms with Crippen molar-refractivity contribution in [2.45, 2.75) is 38.1 Å². The molecule has 0 saturated carbocycles. The van der Waals surface area contributed by atoms with Crippen LogP contribution in [0.3, 0.4) is 0 Å². The first-order valence-electron chi connectivity index (χ1n) is 9.48. The van der Waals surface area contributed by atoms with E-state index in [2.05, 4.69) is 4.57 Å². The average molecular weight is 419 g/mol. The quantitative estimate of drug-likeness (QED) is 0.596. The third-order valence-corrected chi connectivity index (χ3v) is 5.42. The monoisotopic (exact) mass is 419 g/mol. The van der Waals surface area contributed by atoms with Crippen LogP contribution in [0.2, 0.25) is 0 Å². The van der Waals surface area contributed by atoms with Gasteiger partial charge in [0, 0.05) is 29.1 Å². The molecule has 2 aromatic carbocycles. The Balaban J connectivity index is 1.54. The fraction of sp³-hybridized carbons (Fsp3) is 0.318. The van der Waals surface area contributed by atoms with Gasteiger partial charge in [-0.2, -0.15) is 13.2 Å². The number of hydrogen-bond acceptors (Lipinski definition) is 3. The number of carboxylic acids is 1. The molecule has 0 radical (unpaired) electrons. The van der Waals surface area contributed by atoms with Crippen molar-refractivity contribution in [3.8, 4) is 11.5 Å². The number of benzene rings is 2. The number of ether oxygens (including phenoxy) is 2. The van der Waals surface area contributed by atoms with Crippen molar-refractivity contribution in [2.75, 3.05) is 7.11 Å². The molecule has 0 bridgehead atoms. The zero-order valence-electron chi connectivity index (χ0n) is 16.2. The van der Waals surface area contributed by atoms with Gasteiger partial charge in [-0.3, -0.25) is 4.79 Å². The number of aryl methyl sites for hydroxylation is 1. The van der Waals surface area contributed by atoms with Crippen molar-refractivity contribution in [1.29, 1.82) is 0 Å². The number of aromatic nitrogens is 1. The van der Waals surface area contributed by atoms with E-state index in [-0.39, 0.29) is 24.7 Å². The van der Waals surface area contributed by atoms with Crippen LogP contribution < -0.4 is 9.47 Å². The summed E-state index contributed by atoms with van der Waals surface area (Å²) in [6, 6.07) is 11.3. The molecule has 0 unspecified atom stereocenters. The highest BCUT2D eigenvalue weighted by Crippen LogP contribution is 2.38. The molecule has 158 valence electrons. The molecule has 1 aliphatic rings. The molecule has 30 heavy (non-hydrogen) atoms. The first-order chi connectivity index (χ1) is 14.3. The Morgan fingerprint density at radius 1 is 1.20 bits per heavy atom. The van der Waals surface area contributed by atoms with Gasteiger partial charge in [-0.25, -0.2) is 0 Å². The molecule has 3 aromatic rings. The summed E-state index contributed by atoms with van der Waals surface area (Å²) in [5.74, 6) is -0.530. The van der Waals surface area contributed by atoms with Crippen molar-refractivity contribution in [3.63, 3.8) is 0 Å². The molecular formula is C22H20F3NO4. The Morgan fingerprint density at radius 2 is 2.00 bits per heavy atom. The van der Waals surface area contributed by atoms with Crippen LogP contribution in [0.15, 0.2) is 42.5 Å². The Hall–Kier alpha value is -3.16. The van der Waals surface area contributed by atoms with Gasteiger partial charge < -0.3 is 19.1 Å². The molecule has 0 saturated heterocycles. The first kappa shape index (κ1) is 20.1. The van der Waals surface area contributed by atoms with E-state index in [9.17, 15) is 18.0 Å². The fourth-order valence-corrected chi connectivity index (χ4v) is 4.03. The molecular weight excluding hydrogens is 399 g/mol. The van der Waals surface area contributed by atoms with Crippen LogP contribution in [0.5, 0.6) is 11.5 Å². The van der Waals surface area contributed by atoms with Gasteiger partial charge in [0.1, 0.15) is 18.1 Å². The van der Waals surface area contributed by atoms with Crippen LogP contribution in [-0.2, 0) is 24.1 Å². The summed E-state index contributed by atoms with van der Waals surface area (Å²) in [5, 5.41) is 10.0. The molecule has 0 spiro atoms. The Kier molecular flexibility index (Phi) is 5.09. The van der Waals surface area contributed by atoms with E-state index in [1.807, 2.05) is 18.2 Å². The second-order valence-corrected chi connectivity index (χ2v) is 7.35. The van der Waals surface area contributed by atoms with Crippen LogP contribution in [0, 0.1) is 0 Å². The topological polar surface area (TPSA) is 60.7 Å². The number of methoxy groups -OCH3 is 1. The highest BCUT2D eigenvalue weighted by molar-refractivity contribution is 5.83. The summed E-state index contributed by atoms with van der Waals surface area (Å²) in [6.45, 7) is 0.747. The highest BCUT2D eigenvalue weighted by Gasteiger charge is 2.34. The molecule has 1 atom stereocenters. The summed E-state index contributed by atoms with van der Waals surface area (Å²) in [7, 11) is 1.20. The van der Waals surface area contributed by atoms with E-state index in [1.54, 1.807) is 6.07 Å². The van der Waals surface area contributed by atoms with E-state index in [0.717, 1.165) is 35.6 Å². The lowest BCUT2D eigenvalue weighted by Gasteiger charge is -2.14. The highest BCUT2D eigenvalue weighted by atomic mass is 19.4. The molecule has 1 aromatic heterocycles. The van der Waals surface area contributed by atoms with Gasteiger partial charge >= 0.3 is 12.1 Å².